The van der Waals surface area contributed by atoms with Gasteiger partial charge in [0.05, 0.1) is 6.26 Å². The zero-order valence-electron chi connectivity index (χ0n) is 10.3. The van der Waals surface area contributed by atoms with Crippen molar-refractivity contribution in [3.05, 3.63) is 58.3 Å². The minimum atomic E-state index is -0.235. The number of aryl methyl sites for hydroxylation is 1. The Labute approximate surface area is 111 Å². The van der Waals surface area contributed by atoms with Gasteiger partial charge in [0.15, 0.2) is 0 Å². The van der Waals surface area contributed by atoms with Crippen molar-refractivity contribution >= 4 is 11.6 Å². The molecule has 2 nitrogen and oxygen atoms in total. The molecule has 0 spiro atoms. The third-order valence-corrected chi connectivity index (χ3v) is 3.29. The second-order valence-corrected chi connectivity index (χ2v) is 4.65. The van der Waals surface area contributed by atoms with Crippen LogP contribution < -0.4 is 5.32 Å². The lowest BCUT2D eigenvalue weighted by molar-refractivity contribution is 0.507. The molecule has 0 fully saturated rings. The monoisotopic (exact) mass is 267 g/mol. The highest BCUT2D eigenvalue weighted by Crippen LogP contribution is 2.25. The Kier molecular flexibility index (Phi) is 4.04. The lowest BCUT2D eigenvalue weighted by Crippen LogP contribution is -2.19. The highest BCUT2D eigenvalue weighted by Gasteiger charge is 2.16. The smallest absolute Gasteiger partial charge is 0.126 e. The van der Waals surface area contributed by atoms with Crippen LogP contribution in [0.15, 0.2) is 34.9 Å². The number of furan rings is 1. The van der Waals surface area contributed by atoms with Gasteiger partial charge in [0.25, 0.3) is 0 Å². The summed E-state index contributed by atoms with van der Waals surface area (Å²) in [6.45, 7) is 1.90. The summed E-state index contributed by atoms with van der Waals surface area (Å²) in [4.78, 5) is 0. The van der Waals surface area contributed by atoms with Crippen LogP contribution in [-0.2, 0) is 6.42 Å². The lowest BCUT2D eigenvalue weighted by Gasteiger charge is -2.16. The fourth-order valence-corrected chi connectivity index (χ4v) is 2.24. The molecule has 0 amide bonds. The first-order valence-electron chi connectivity index (χ1n) is 5.77. The van der Waals surface area contributed by atoms with Crippen molar-refractivity contribution in [2.24, 2.45) is 0 Å². The Morgan fingerprint density at radius 1 is 1.39 bits per heavy atom. The molecule has 0 radical (unpaired) electrons. The molecule has 4 heteroatoms. The van der Waals surface area contributed by atoms with Crippen molar-refractivity contribution in [2.75, 3.05) is 7.05 Å². The molecular weight excluding hydrogens is 253 g/mol. The van der Waals surface area contributed by atoms with Gasteiger partial charge in [-0.1, -0.05) is 11.6 Å². The SMILES string of the molecule is CNC(Cc1cc(Cl)ccc1F)c1ccoc1C. The minimum absolute atomic E-state index is 0.0108. The van der Waals surface area contributed by atoms with E-state index in [1.54, 1.807) is 18.4 Å². The van der Waals surface area contributed by atoms with Gasteiger partial charge in [-0.05, 0) is 50.2 Å². The predicted octanol–water partition coefficient (Wildman–Crippen LogP) is 3.88. The van der Waals surface area contributed by atoms with Crippen LogP contribution in [0.1, 0.15) is 22.9 Å². The molecular formula is C14H15ClFNO. The topological polar surface area (TPSA) is 25.2 Å². The molecule has 2 aromatic rings. The van der Waals surface area contributed by atoms with Gasteiger partial charge in [-0.15, -0.1) is 0 Å². The molecule has 2 rings (SSSR count). The Morgan fingerprint density at radius 3 is 2.78 bits per heavy atom. The molecule has 1 unspecified atom stereocenters. The molecule has 0 aliphatic heterocycles. The third kappa shape index (κ3) is 2.74. The molecule has 0 bridgehead atoms. The maximum atomic E-state index is 13.7. The van der Waals surface area contributed by atoms with Crippen LogP contribution in [0, 0.1) is 12.7 Å². The first-order chi connectivity index (χ1) is 8.61. The summed E-state index contributed by atoms with van der Waals surface area (Å²) < 4.78 is 19.0. The molecule has 1 atom stereocenters. The molecule has 1 heterocycles. The molecule has 1 N–H and O–H groups in total. The number of halogens is 2. The largest absolute Gasteiger partial charge is 0.469 e. The molecule has 18 heavy (non-hydrogen) atoms. The van der Waals surface area contributed by atoms with Crippen molar-refractivity contribution < 1.29 is 8.81 Å². The summed E-state index contributed by atoms with van der Waals surface area (Å²) >= 11 is 5.89. The van der Waals surface area contributed by atoms with Gasteiger partial charge in [0, 0.05) is 16.6 Å². The van der Waals surface area contributed by atoms with E-state index < -0.39 is 0 Å². The molecule has 1 aromatic carbocycles. The van der Waals surface area contributed by atoms with Crippen LogP contribution in [0.25, 0.3) is 0 Å². The van der Waals surface area contributed by atoms with Gasteiger partial charge in [0.1, 0.15) is 11.6 Å². The Balaban J connectivity index is 2.26. The van der Waals surface area contributed by atoms with Crippen LogP contribution in [0.2, 0.25) is 5.02 Å². The van der Waals surface area contributed by atoms with Gasteiger partial charge in [0.2, 0.25) is 0 Å². The van der Waals surface area contributed by atoms with Gasteiger partial charge in [-0.25, -0.2) is 4.39 Å². The standard InChI is InChI=1S/C14H15ClFNO/c1-9-12(5-6-18-9)14(17-2)8-10-7-11(15)3-4-13(10)16/h3-7,14,17H,8H2,1-2H3. The number of hydrogen-bond donors (Lipinski definition) is 1. The van der Waals surface area contributed by atoms with Gasteiger partial charge < -0.3 is 9.73 Å². The summed E-state index contributed by atoms with van der Waals surface area (Å²) in [6, 6.07) is 6.52. The van der Waals surface area contributed by atoms with E-state index in [4.69, 9.17) is 16.0 Å². The zero-order valence-corrected chi connectivity index (χ0v) is 11.1. The summed E-state index contributed by atoms with van der Waals surface area (Å²) in [5.74, 6) is 0.609. The highest BCUT2D eigenvalue weighted by atomic mass is 35.5. The molecule has 0 aliphatic rings. The summed E-state index contributed by atoms with van der Waals surface area (Å²) in [6.07, 6.45) is 2.17. The van der Waals surface area contributed by atoms with Crippen molar-refractivity contribution in [3.63, 3.8) is 0 Å². The van der Waals surface area contributed by atoms with E-state index in [9.17, 15) is 4.39 Å². The average Bonchev–Trinajstić information content (AvgIpc) is 2.77. The minimum Gasteiger partial charge on any atom is -0.469 e. The van der Waals surface area contributed by atoms with E-state index >= 15 is 0 Å². The lowest BCUT2D eigenvalue weighted by atomic mass is 9.99. The van der Waals surface area contributed by atoms with E-state index in [2.05, 4.69) is 5.32 Å². The van der Waals surface area contributed by atoms with Gasteiger partial charge >= 0.3 is 0 Å². The predicted molar refractivity (Wildman–Crippen MR) is 70.4 cm³/mol. The Morgan fingerprint density at radius 2 is 2.17 bits per heavy atom. The fourth-order valence-electron chi connectivity index (χ4n) is 2.04. The third-order valence-electron chi connectivity index (χ3n) is 3.05. The molecule has 96 valence electrons. The highest BCUT2D eigenvalue weighted by molar-refractivity contribution is 6.30. The number of likely N-dealkylation sites (N-methyl/N-ethyl adjacent to an activating group) is 1. The molecule has 0 saturated carbocycles. The van der Waals surface area contributed by atoms with E-state index in [1.807, 2.05) is 20.0 Å². The van der Waals surface area contributed by atoms with E-state index in [-0.39, 0.29) is 11.9 Å². The average molecular weight is 268 g/mol. The van der Waals surface area contributed by atoms with Crippen molar-refractivity contribution in [1.82, 2.24) is 5.32 Å². The summed E-state index contributed by atoms with van der Waals surface area (Å²) in [7, 11) is 1.85. The van der Waals surface area contributed by atoms with E-state index in [0.29, 0.717) is 17.0 Å². The first-order valence-corrected chi connectivity index (χ1v) is 6.14. The molecule has 0 saturated heterocycles. The van der Waals surface area contributed by atoms with Crippen LogP contribution in [0.5, 0.6) is 0 Å². The molecule has 1 aromatic heterocycles. The number of rotatable bonds is 4. The number of hydrogen-bond acceptors (Lipinski definition) is 2. The van der Waals surface area contributed by atoms with Crippen LogP contribution >= 0.6 is 11.6 Å². The summed E-state index contributed by atoms with van der Waals surface area (Å²) in [5, 5.41) is 3.72. The van der Waals surface area contributed by atoms with Gasteiger partial charge in [-0.3, -0.25) is 0 Å². The normalized spacial score (nSPS) is 12.7. The van der Waals surface area contributed by atoms with Crippen LogP contribution in [0.4, 0.5) is 4.39 Å². The van der Waals surface area contributed by atoms with Crippen LogP contribution in [0.3, 0.4) is 0 Å². The number of nitrogens with one attached hydrogen (secondary N) is 1. The fraction of sp³-hybridized carbons (Fsp3) is 0.286. The first kappa shape index (κ1) is 13.1. The number of benzene rings is 1. The van der Waals surface area contributed by atoms with Crippen molar-refractivity contribution in [1.29, 1.82) is 0 Å². The van der Waals surface area contributed by atoms with E-state index in [1.165, 1.54) is 6.07 Å². The summed E-state index contributed by atoms with van der Waals surface area (Å²) in [5.41, 5.74) is 1.64. The van der Waals surface area contributed by atoms with Gasteiger partial charge in [-0.2, -0.15) is 0 Å². The second-order valence-electron chi connectivity index (χ2n) is 4.21. The maximum absolute atomic E-state index is 13.7. The zero-order chi connectivity index (χ0) is 13.1. The van der Waals surface area contributed by atoms with Crippen molar-refractivity contribution in [2.45, 2.75) is 19.4 Å². The maximum Gasteiger partial charge on any atom is 0.126 e. The van der Waals surface area contributed by atoms with E-state index in [0.717, 1.165) is 11.3 Å². The van der Waals surface area contributed by atoms with Crippen molar-refractivity contribution in [3.8, 4) is 0 Å². The Bertz CT molecular complexity index is 538. The van der Waals surface area contributed by atoms with Crippen LogP contribution in [-0.4, -0.2) is 7.05 Å². The Hall–Kier alpha value is -1.32. The second kappa shape index (κ2) is 5.55. The quantitative estimate of drug-likeness (QED) is 0.909. The molecule has 0 aliphatic carbocycles.